The smallest absolute Gasteiger partial charge is 0.120 e. The zero-order valence-electron chi connectivity index (χ0n) is 13.3. The molecule has 0 atom stereocenters. The Kier molecular flexibility index (Phi) is 5.44. The van der Waals surface area contributed by atoms with Crippen molar-refractivity contribution in [3.63, 3.8) is 0 Å². The number of hydrogen-bond acceptors (Lipinski definition) is 3. The molecule has 1 fully saturated rings. The van der Waals surface area contributed by atoms with Crippen LogP contribution in [0.1, 0.15) is 30.5 Å². The van der Waals surface area contributed by atoms with Gasteiger partial charge in [-0.2, -0.15) is 0 Å². The van der Waals surface area contributed by atoms with Crippen molar-refractivity contribution in [2.24, 2.45) is 0 Å². The van der Waals surface area contributed by atoms with Gasteiger partial charge in [-0.15, -0.1) is 0 Å². The summed E-state index contributed by atoms with van der Waals surface area (Å²) in [5.74, 6) is 1.00. The molecule has 1 aromatic carbocycles. The lowest BCUT2D eigenvalue weighted by Gasteiger charge is -2.27. The van der Waals surface area contributed by atoms with Crippen LogP contribution in [0.4, 0.5) is 0 Å². The first kappa shape index (κ1) is 15.3. The van der Waals surface area contributed by atoms with E-state index < -0.39 is 0 Å². The molecule has 3 nitrogen and oxygen atoms in total. The fourth-order valence-electron chi connectivity index (χ4n) is 2.89. The number of benzene rings is 1. The first-order valence-corrected chi connectivity index (χ1v) is 7.76. The molecule has 1 saturated heterocycles. The van der Waals surface area contributed by atoms with E-state index in [-0.39, 0.29) is 6.10 Å². The molecule has 1 heterocycles. The number of piperazine rings is 1. The normalized spacial score (nSPS) is 16.6. The van der Waals surface area contributed by atoms with Gasteiger partial charge in [0.25, 0.3) is 0 Å². The Morgan fingerprint density at radius 1 is 1.15 bits per heavy atom. The van der Waals surface area contributed by atoms with Crippen LogP contribution in [0.3, 0.4) is 0 Å². The third kappa shape index (κ3) is 4.22. The summed E-state index contributed by atoms with van der Waals surface area (Å²) in [6.07, 6.45) is 1.38. The van der Waals surface area contributed by atoms with Gasteiger partial charge < -0.3 is 15.0 Å². The SMILES string of the molecule is Cc1cc(OC(C)C)cc(C)c1CCN1CCNCC1. The molecule has 0 saturated carbocycles. The predicted molar refractivity (Wildman–Crippen MR) is 84.7 cm³/mol. The molecule has 1 aromatic rings. The van der Waals surface area contributed by atoms with Crippen LogP contribution >= 0.6 is 0 Å². The molecule has 0 aromatic heterocycles. The Morgan fingerprint density at radius 3 is 2.30 bits per heavy atom. The summed E-state index contributed by atoms with van der Waals surface area (Å²) < 4.78 is 5.81. The van der Waals surface area contributed by atoms with Gasteiger partial charge in [0.15, 0.2) is 0 Å². The quantitative estimate of drug-likeness (QED) is 0.894. The van der Waals surface area contributed by atoms with Crippen LogP contribution in [0.5, 0.6) is 5.75 Å². The number of hydrogen-bond donors (Lipinski definition) is 1. The molecule has 20 heavy (non-hydrogen) atoms. The molecular weight excluding hydrogens is 248 g/mol. The summed E-state index contributed by atoms with van der Waals surface area (Å²) >= 11 is 0. The number of ether oxygens (including phenoxy) is 1. The summed E-state index contributed by atoms with van der Waals surface area (Å²) in [6.45, 7) is 14.3. The molecule has 2 rings (SSSR count). The molecule has 0 radical (unpaired) electrons. The van der Waals surface area contributed by atoms with Crippen molar-refractivity contribution in [3.05, 3.63) is 28.8 Å². The predicted octanol–water partition coefficient (Wildman–Crippen LogP) is 2.54. The highest BCUT2D eigenvalue weighted by Gasteiger charge is 2.12. The molecule has 3 heteroatoms. The van der Waals surface area contributed by atoms with Crippen LogP contribution in [0.25, 0.3) is 0 Å². The van der Waals surface area contributed by atoms with E-state index >= 15 is 0 Å². The second kappa shape index (κ2) is 7.09. The highest BCUT2D eigenvalue weighted by molar-refractivity contribution is 5.41. The summed E-state index contributed by atoms with van der Waals surface area (Å²) in [5, 5.41) is 3.40. The van der Waals surface area contributed by atoms with Gasteiger partial charge >= 0.3 is 0 Å². The van der Waals surface area contributed by atoms with Crippen molar-refractivity contribution in [1.82, 2.24) is 10.2 Å². The van der Waals surface area contributed by atoms with E-state index in [1.807, 2.05) is 0 Å². The minimum absolute atomic E-state index is 0.237. The number of nitrogens with one attached hydrogen (secondary N) is 1. The maximum Gasteiger partial charge on any atom is 0.120 e. The van der Waals surface area contributed by atoms with Crippen LogP contribution < -0.4 is 10.1 Å². The number of nitrogens with zero attached hydrogens (tertiary/aromatic N) is 1. The first-order valence-electron chi connectivity index (χ1n) is 7.76. The van der Waals surface area contributed by atoms with Gasteiger partial charge in [0, 0.05) is 32.7 Å². The highest BCUT2D eigenvalue weighted by Crippen LogP contribution is 2.23. The Labute approximate surface area is 123 Å². The van der Waals surface area contributed by atoms with Gasteiger partial charge in [0.2, 0.25) is 0 Å². The van der Waals surface area contributed by atoms with Gasteiger partial charge in [-0.1, -0.05) is 0 Å². The molecule has 112 valence electrons. The number of rotatable bonds is 5. The van der Waals surface area contributed by atoms with Gasteiger partial charge in [-0.3, -0.25) is 0 Å². The van der Waals surface area contributed by atoms with E-state index in [4.69, 9.17) is 4.74 Å². The maximum absolute atomic E-state index is 5.81. The maximum atomic E-state index is 5.81. The van der Waals surface area contributed by atoms with Crippen molar-refractivity contribution in [1.29, 1.82) is 0 Å². The van der Waals surface area contributed by atoms with E-state index in [1.54, 1.807) is 0 Å². The lowest BCUT2D eigenvalue weighted by atomic mass is 9.99. The van der Waals surface area contributed by atoms with Crippen molar-refractivity contribution in [2.75, 3.05) is 32.7 Å². The molecule has 1 aliphatic rings. The van der Waals surface area contributed by atoms with E-state index in [0.717, 1.165) is 31.8 Å². The standard InChI is InChI=1S/C17H28N2O/c1-13(2)20-16-11-14(3)17(15(4)12-16)5-8-19-9-6-18-7-10-19/h11-13,18H,5-10H2,1-4H3. The molecule has 1 aliphatic heterocycles. The zero-order chi connectivity index (χ0) is 14.5. The van der Waals surface area contributed by atoms with Gasteiger partial charge in [0.05, 0.1) is 6.10 Å². The van der Waals surface area contributed by atoms with Crippen LogP contribution in [-0.4, -0.2) is 43.7 Å². The highest BCUT2D eigenvalue weighted by atomic mass is 16.5. The fraction of sp³-hybridized carbons (Fsp3) is 0.647. The Balaban J connectivity index is 2.00. The monoisotopic (exact) mass is 276 g/mol. The first-order chi connectivity index (χ1) is 9.56. The van der Waals surface area contributed by atoms with Gasteiger partial charge in [-0.05, 0) is 62.9 Å². The Hall–Kier alpha value is -1.06. The minimum Gasteiger partial charge on any atom is -0.491 e. The third-order valence-electron chi connectivity index (χ3n) is 3.93. The molecule has 0 spiro atoms. The van der Waals surface area contributed by atoms with Crippen molar-refractivity contribution < 1.29 is 4.74 Å². The zero-order valence-corrected chi connectivity index (χ0v) is 13.3. The summed E-state index contributed by atoms with van der Waals surface area (Å²) in [4.78, 5) is 2.55. The Morgan fingerprint density at radius 2 is 1.75 bits per heavy atom. The molecule has 1 N–H and O–H groups in total. The summed E-state index contributed by atoms with van der Waals surface area (Å²) in [5.41, 5.74) is 4.20. The lowest BCUT2D eigenvalue weighted by molar-refractivity contribution is 0.240. The molecule has 0 unspecified atom stereocenters. The average Bonchev–Trinajstić information content (AvgIpc) is 2.38. The molecule has 0 bridgehead atoms. The Bertz CT molecular complexity index is 414. The molecule has 0 aliphatic carbocycles. The molecule has 0 amide bonds. The second-order valence-electron chi connectivity index (χ2n) is 6.04. The van der Waals surface area contributed by atoms with E-state index in [2.05, 4.69) is 50.0 Å². The largest absolute Gasteiger partial charge is 0.491 e. The van der Waals surface area contributed by atoms with Gasteiger partial charge in [-0.25, -0.2) is 0 Å². The van der Waals surface area contributed by atoms with Crippen molar-refractivity contribution in [2.45, 2.75) is 40.2 Å². The van der Waals surface area contributed by atoms with Gasteiger partial charge in [0.1, 0.15) is 5.75 Å². The van der Waals surface area contributed by atoms with Crippen LogP contribution in [0.2, 0.25) is 0 Å². The second-order valence-corrected chi connectivity index (χ2v) is 6.04. The van der Waals surface area contributed by atoms with Crippen molar-refractivity contribution in [3.8, 4) is 5.75 Å². The summed E-state index contributed by atoms with van der Waals surface area (Å²) in [7, 11) is 0. The topological polar surface area (TPSA) is 24.5 Å². The van der Waals surface area contributed by atoms with Crippen LogP contribution in [0.15, 0.2) is 12.1 Å². The summed E-state index contributed by atoms with van der Waals surface area (Å²) in [6, 6.07) is 4.36. The van der Waals surface area contributed by atoms with Crippen molar-refractivity contribution >= 4 is 0 Å². The van der Waals surface area contributed by atoms with E-state index in [0.29, 0.717) is 0 Å². The third-order valence-corrected chi connectivity index (χ3v) is 3.93. The average molecular weight is 276 g/mol. The minimum atomic E-state index is 0.237. The van der Waals surface area contributed by atoms with Crippen LogP contribution in [-0.2, 0) is 6.42 Å². The lowest BCUT2D eigenvalue weighted by Crippen LogP contribution is -2.44. The van der Waals surface area contributed by atoms with E-state index in [1.165, 1.54) is 29.8 Å². The fourth-order valence-corrected chi connectivity index (χ4v) is 2.89. The number of aryl methyl sites for hydroxylation is 2. The van der Waals surface area contributed by atoms with E-state index in [9.17, 15) is 0 Å². The molecular formula is C17H28N2O. The van der Waals surface area contributed by atoms with Crippen LogP contribution in [0, 0.1) is 13.8 Å².